The number of nitrogens with zero attached hydrogens (tertiary/aromatic N) is 4. The summed E-state index contributed by atoms with van der Waals surface area (Å²) in [6.07, 6.45) is 1.32. The monoisotopic (exact) mass is 554 g/mol. The molecule has 3 aromatic rings. The van der Waals surface area contributed by atoms with E-state index in [1.807, 2.05) is 33.8 Å². The first-order valence-electron chi connectivity index (χ1n) is 13.1. The number of rotatable bonds is 6. The van der Waals surface area contributed by atoms with Crippen molar-refractivity contribution >= 4 is 34.4 Å². The Hall–Kier alpha value is -3.24. The Morgan fingerprint density at radius 1 is 1.23 bits per heavy atom. The zero-order chi connectivity index (χ0) is 28.0. The van der Waals surface area contributed by atoms with Crippen LogP contribution in [-0.4, -0.2) is 64.5 Å². The van der Waals surface area contributed by atoms with Crippen molar-refractivity contribution in [1.82, 2.24) is 14.5 Å². The number of anilines is 1. The molecule has 3 heterocycles. The number of aryl methyl sites for hydroxylation is 1. The second-order valence-electron chi connectivity index (χ2n) is 10.2. The summed E-state index contributed by atoms with van der Waals surface area (Å²) >= 11 is 1.55. The van der Waals surface area contributed by atoms with Gasteiger partial charge in [-0.25, -0.2) is 13.6 Å². The summed E-state index contributed by atoms with van der Waals surface area (Å²) < 4.78 is 36.2. The molecule has 0 aliphatic carbocycles. The zero-order valence-corrected chi connectivity index (χ0v) is 23.4. The van der Waals surface area contributed by atoms with Gasteiger partial charge in [0.05, 0.1) is 18.2 Å². The standard InChI is InChI=1S/C29H32F2N4O3S/c1-6-24(36)34-17(4)12-33(13-18(34)5)28-22-10-16(3)25(21-9-8-19(30)11-23(21)31)27-26(22)35(29(37)32-28)20(15-39-27)14-38-7-2/h6,8-11,17-18,20H,1,7,12-15H2,2-5H3/t17-,18+,20?. The predicted octanol–water partition coefficient (Wildman–Crippen LogP) is 4.95. The quantitative estimate of drug-likeness (QED) is 0.402. The third kappa shape index (κ3) is 4.74. The lowest BCUT2D eigenvalue weighted by Gasteiger charge is -2.45. The molecule has 1 aromatic heterocycles. The van der Waals surface area contributed by atoms with E-state index in [1.165, 1.54) is 18.2 Å². The Morgan fingerprint density at radius 2 is 1.95 bits per heavy atom. The minimum atomic E-state index is -0.653. The summed E-state index contributed by atoms with van der Waals surface area (Å²) in [4.78, 5) is 35.4. The largest absolute Gasteiger partial charge is 0.380 e. The van der Waals surface area contributed by atoms with Crippen molar-refractivity contribution in [3.05, 3.63) is 64.6 Å². The summed E-state index contributed by atoms with van der Waals surface area (Å²) in [5.41, 5.74) is 2.02. The molecule has 39 heavy (non-hydrogen) atoms. The van der Waals surface area contributed by atoms with Crippen molar-refractivity contribution in [3.63, 3.8) is 0 Å². The molecule has 1 amide bonds. The van der Waals surface area contributed by atoms with Gasteiger partial charge in [0.1, 0.15) is 17.5 Å². The molecule has 1 saturated heterocycles. The van der Waals surface area contributed by atoms with Crippen molar-refractivity contribution in [1.29, 1.82) is 0 Å². The fraction of sp³-hybridized carbons (Fsp3) is 0.414. The number of hydrogen-bond donors (Lipinski definition) is 0. The van der Waals surface area contributed by atoms with Gasteiger partial charge in [0.25, 0.3) is 0 Å². The normalized spacial score (nSPS) is 20.9. The SMILES string of the molecule is C=CC(=O)N1[C@H](C)CN(c2nc(=O)n3c4c(c(-c5ccc(F)cc5F)c(C)cc24)SCC3COCC)C[C@@H]1C. The number of halogens is 2. The van der Waals surface area contributed by atoms with E-state index >= 15 is 4.39 Å². The lowest BCUT2D eigenvalue weighted by molar-refractivity contribution is -0.130. The molecular formula is C29H32F2N4O3S. The van der Waals surface area contributed by atoms with Gasteiger partial charge < -0.3 is 14.5 Å². The van der Waals surface area contributed by atoms with E-state index in [2.05, 4.69) is 16.5 Å². The van der Waals surface area contributed by atoms with Crippen molar-refractivity contribution in [3.8, 4) is 11.1 Å². The minimum absolute atomic E-state index is 0.125. The van der Waals surface area contributed by atoms with Gasteiger partial charge in [0, 0.05) is 65.0 Å². The molecule has 206 valence electrons. The fourth-order valence-electron chi connectivity index (χ4n) is 5.90. The van der Waals surface area contributed by atoms with Crippen molar-refractivity contribution in [2.24, 2.45) is 0 Å². The van der Waals surface area contributed by atoms with Crippen LogP contribution >= 0.6 is 11.8 Å². The highest BCUT2D eigenvalue weighted by atomic mass is 32.2. The molecule has 2 aromatic carbocycles. The van der Waals surface area contributed by atoms with Crippen LogP contribution in [0.25, 0.3) is 22.0 Å². The molecule has 5 rings (SSSR count). The molecule has 7 nitrogen and oxygen atoms in total. The van der Waals surface area contributed by atoms with Crippen LogP contribution in [-0.2, 0) is 9.53 Å². The molecule has 2 aliphatic rings. The molecule has 1 fully saturated rings. The van der Waals surface area contributed by atoms with Crippen LogP contribution < -0.4 is 10.6 Å². The average Bonchev–Trinajstić information content (AvgIpc) is 2.89. The van der Waals surface area contributed by atoms with Crippen LogP contribution in [0.4, 0.5) is 14.6 Å². The van der Waals surface area contributed by atoms with Crippen LogP contribution in [0.15, 0.2) is 46.6 Å². The van der Waals surface area contributed by atoms with Crippen LogP contribution in [0.5, 0.6) is 0 Å². The number of hydrogen-bond acceptors (Lipinski definition) is 6. The number of carbonyl (C=O) groups excluding carboxylic acids is 1. The highest BCUT2D eigenvalue weighted by Crippen LogP contribution is 2.46. The van der Waals surface area contributed by atoms with E-state index in [4.69, 9.17) is 4.74 Å². The molecule has 0 spiro atoms. The Labute approximate surface area is 230 Å². The van der Waals surface area contributed by atoms with Gasteiger partial charge >= 0.3 is 5.69 Å². The highest BCUT2D eigenvalue weighted by Gasteiger charge is 2.35. The number of ether oxygens (including phenoxy) is 1. The van der Waals surface area contributed by atoms with Gasteiger partial charge in [-0.15, -0.1) is 11.8 Å². The molecule has 1 unspecified atom stereocenters. The van der Waals surface area contributed by atoms with Crippen LogP contribution in [0.2, 0.25) is 0 Å². The van der Waals surface area contributed by atoms with Crippen LogP contribution in [0.1, 0.15) is 32.4 Å². The van der Waals surface area contributed by atoms with E-state index < -0.39 is 17.3 Å². The minimum Gasteiger partial charge on any atom is -0.380 e. The van der Waals surface area contributed by atoms with E-state index in [-0.39, 0.29) is 29.6 Å². The summed E-state index contributed by atoms with van der Waals surface area (Å²) in [5.74, 6) is -0.327. The smallest absolute Gasteiger partial charge is 0.350 e. The predicted molar refractivity (Wildman–Crippen MR) is 151 cm³/mol. The maximum atomic E-state index is 15.1. The second kappa shape index (κ2) is 10.7. The van der Waals surface area contributed by atoms with Gasteiger partial charge in [0.2, 0.25) is 5.91 Å². The van der Waals surface area contributed by atoms with Gasteiger partial charge in [0.15, 0.2) is 0 Å². The summed E-state index contributed by atoms with van der Waals surface area (Å²) in [7, 11) is 0. The molecule has 10 heteroatoms. The number of aromatic nitrogens is 2. The molecule has 3 atom stereocenters. The van der Waals surface area contributed by atoms with E-state index in [0.717, 1.165) is 21.9 Å². The Morgan fingerprint density at radius 3 is 2.59 bits per heavy atom. The molecule has 0 N–H and O–H groups in total. The zero-order valence-electron chi connectivity index (χ0n) is 22.5. The third-order valence-electron chi connectivity index (χ3n) is 7.49. The maximum absolute atomic E-state index is 15.1. The number of amides is 1. The lowest BCUT2D eigenvalue weighted by Crippen LogP contribution is -2.58. The summed E-state index contributed by atoms with van der Waals surface area (Å²) in [5, 5.41) is 0.782. The fourth-order valence-corrected chi connectivity index (χ4v) is 7.26. The summed E-state index contributed by atoms with van der Waals surface area (Å²) in [6.45, 7) is 13.2. The molecule has 0 saturated carbocycles. The highest BCUT2D eigenvalue weighted by molar-refractivity contribution is 7.99. The number of thioether (sulfide) groups is 1. The number of benzene rings is 2. The lowest BCUT2D eigenvalue weighted by atomic mass is 9.96. The Bertz CT molecular complexity index is 1510. The Kier molecular flexibility index (Phi) is 7.52. The van der Waals surface area contributed by atoms with Gasteiger partial charge in [-0.05, 0) is 57.5 Å². The maximum Gasteiger partial charge on any atom is 0.350 e. The molecular weight excluding hydrogens is 522 g/mol. The van der Waals surface area contributed by atoms with Gasteiger partial charge in [-0.3, -0.25) is 9.36 Å². The van der Waals surface area contributed by atoms with Crippen LogP contribution in [0.3, 0.4) is 0 Å². The van der Waals surface area contributed by atoms with Gasteiger partial charge in [-0.1, -0.05) is 6.58 Å². The molecule has 0 radical (unpaired) electrons. The second-order valence-corrected chi connectivity index (χ2v) is 11.2. The van der Waals surface area contributed by atoms with E-state index in [1.54, 1.807) is 21.2 Å². The van der Waals surface area contributed by atoms with Crippen LogP contribution in [0, 0.1) is 18.6 Å². The number of carbonyl (C=O) groups is 1. The summed E-state index contributed by atoms with van der Waals surface area (Å²) in [6, 6.07) is 5.03. The molecule has 2 aliphatic heterocycles. The van der Waals surface area contributed by atoms with E-state index in [9.17, 15) is 14.0 Å². The van der Waals surface area contributed by atoms with E-state index in [0.29, 0.717) is 49.0 Å². The first-order chi connectivity index (χ1) is 18.7. The van der Waals surface area contributed by atoms with Gasteiger partial charge in [-0.2, -0.15) is 4.98 Å². The average molecular weight is 555 g/mol. The topological polar surface area (TPSA) is 67.7 Å². The first-order valence-corrected chi connectivity index (χ1v) is 14.1. The van der Waals surface area contributed by atoms with Crippen molar-refractivity contribution in [2.45, 2.75) is 50.7 Å². The Balaban J connectivity index is 1.74. The first kappa shape index (κ1) is 27.3. The van der Waals surface area contributed by atoms with Crippen molar-refractivity contribution in [2.75, 3.05) is 37.0 Å². The molecule has 0 bridgehead atoms. The van der Waals surface area contributed by atoms with Crippen molar-refractivity contribution < 1.29 is 18.3 Å². The number of piperazine rings is 1. The third-order valence-corrected chi connectivity index (χ3v) is 8.73.